The predicted molar refractivity (Wildman–Crippen MR) is 231 cm³/mol. The summed E-state index contributed by atoms with van der Waals surface area (Å²) in [4.78, 5) is 45.9. The maximum atomic E-state index is 12.6. The lowest BCUT2D eigenvalue weighted by atomic mass is 10.1. The first-order valence-corrected chi connectivity index (χ1v) is 23.3. The number of carbonyl (C=O) groups excluding carboxylic acids is 2. The average Bonchev–Trinajstić information content (AvgIpc) is 3.19. The number of hydrogen-bond acceptors (Lipinski definition) is 9. The molecule has 0 bridgehead atoms. The Labute approximate surface area is 345 Å². The number of carboxylic acid groups (broad SMARTS) is 1. The van der Waals surface area contributed by atoms with Crippen molar-refractivity contribution in [2.75, 3.05) is 19.8 Å². The van der Waals surface area contributed by atoms with Crippen LogP contribution in [0.2, 0.25) is 0 Å². The molecule has 0 aromatic heterocycles. The Morgan fingerprint density at radius 2 is 1.02 bits per heavy atom. The number of aliphatic carboxylic acids is 1. The van der Waals surface area contributed by atoms with E-state index in [-0.39, 0.29) is 19.4 Å². The van der Waals surface area contributed by atoms with Crippen molar-refractivity contribution in [3.63, 3.8) is 0 Å². The van der Waals surface area contributed by atoms with E-state index in [0.717, 1.165) is 57.8 Å². The van der Waals surface area contributed by atoms with Crippen molar-refractivity contribution in [1.82, 2.24) is 0 Å². The highest BCUT2D eigenvalue weighted by molar-refractivity contribution is 7.47. The zero-order chi connectivity index (χ0) is 42.1. The molecule has 0 saturated heterocycles. The van der Waals surface area contributed by atoms with E-state index in [9.17, 15) is 23.8 Å². The standard InChI is InChI=1S/C45H78NO10P/c1-3-5-7-9-11-13-15-17-18-19-20-21-22-23-25-26-28-30-32-34-36-43(47)53-38-41(39-54-57(51,52)55-40-42(46)45(49)50)56-44(48)37-35-33-31-29-27-24-16-14-12-10-8-6-4-2/h5,7,11,13,17-18,24,27,31,33,41-42H,3-4,6,8-10,12,14-16,19-23,25-26,28-30,32,34-40,46H2,1-2H3,(H,49,50)(H,51,52)/b7-5+,13-11+,18-17+,27-24+,33-31+/t41?,42-/m1/s1. The fourth-order valence-electron chi connectivity index (χ4n) is 5.60. The van der Waals surface area contributed by atoms with Gasteiger partial charge in [0.2, 0.25) is 0 Å². The molecule has 328 valence electrons. The van der Waals surface area contributed by atoms with Crippen molar-refractivity contribution in [2.45, 2.75) is 187 Å². The van der Waals surface area contributed by atoms with Gasteiger partial charge in [-0.3, -0.25) is 23.4 Å². The number of carbonyl (C=O) groups is 3. The molecule has 0 aliphatic rings. The smallest absolute Gasteiger partial charge is 0.472 e. The molecule has 12 heteroatoms. The van der Waals surface area contributed by atoms with E-state index in [4.69, 9.17) is 24.8 Å². The highest BCUT2D eigenvalue weighted by Gasteiger charge is 2.28. The minimum absolute atomic E-state index is 0.0525. The number of phosphoric acid groups is 1. The molecule has 0 spiro atoms. The van der Waals surface area contributed by atoms with Gasteiger partial charge < -0.3 is 25.2 Å². The molecule has 0 heterocycles. The first-order valence-electron chi connectivity index (χ1n) is 21.8. The molecule has 3 atom stereocenters. The molecule has 0 amide bonds. The van der Waals surface area contributed by atoms with Crippen molar-refractivity contribution < 1.29 is 47.5 Å². The van der Waals surface area contributed by atoms with Gasteiger partial charge in [0.05, 0.1) is 13.2 Å². The Morgan fingerprint density at radius 3 is 1.54 bits per heavy atom. The van der Waals surface area contributed by atoms with Gasteiger partial charge in [0.25, 0.3) is 0 Å². The number of rotatable bonds is 40. The Hall–Kier alpha value is -2.82. The van der Waals surface area contributed by atoms with E-state index in [2.05, 4.69) is 67.0 Å². The molecule has 0 aliphatic heterocycles. The Balaban J connectivity index is 4.37. The van der Waals surface area contributed by atoms with Gasteiger partial charge in [0.1, 0.15) is 12.6 Å². The number of carboxylic acids is 1. The van der Waals surface area contributed by atoms with Crippen LogP contribution in [0.5, 0.6) is 0 Å². The van der Waals surface area contributed by atoms with Crippen LogP contribution in [0.1, 0.15) is 174 Å². The van der Waals surface area contributed by atoms with Gasteiger partial charge in [-0.2, -0.15) is 0 Å². The van der Waals surface area contributed by atoms with Crippen LogP contribution in [0, 0.1) is 0 Å². The van der Waals surface area contributed by atoms with Crippen molar-refractivity contribution >= 4 is 25.7 Å². The number of unbranched alkanes of at least 4 members (excludes halogenated alkanes) is 16. The molecule has 0 aliphatic carbocycles. The molecule has 0 aromatic rings. The molecule has 0 saturated carbocycles. The van der Waals surface area contributed by atoms with Crippen LogP contribution in [0.3, 0.4) is 0 Å². The third-order valence-electron chi connectivity index (χ3n) is 9.01. The van der Waals surface area contributed by atoms with Gasteiger partial charge in [-0.05, 0) is 64.2 Å². The summed E-state index contributed by atoms with van der Waals surface area (Å²) in [5, 5.41) is 8.88. The largest absolute Gasteiger partial charge is 0.480 e. The second-order valence-electron chi connectivity index (χ2n) is 14.4. The fourth-order valence-corrected chi connectivity index (χ4v) is 6.38. The van der Waals surface area contributed by atoms with Gasteiger partial charge >= 0.3 is 25.7 Å². The minimum Gasteiger partial charge on any atom is -0.480 e. The van der Waals surface area contributed by atoms with Gasteiger partial charge in [-0.15, -0.1) is 0 Å². The van der Waals surface area contributed by atoms with Crippen LogP contribution in [0.4, 0.5) is 0 Å². The van der Waals surface area contributed by atoms with Crippen LogP contribution in [0.25, 0.3) is 0 Å². The minimum atomic E-state index is -4.73. The summed E-state index contributed by atoms with van der Waals surface area (Å²) in [6, 6.07) is -1.53. The van der Waals surface area contributed by atoms with E-state index in [1.54, 1.807) is 0 Å². The number of esters is 2. The fraction of sp³-hybridized carbons (Fsp3) is 0.711. The lowest BCUT2D eigenvalue weighted by Gasteiger charge is -2.20. The molecule has 0 rings (SSSR count). The zero-order valence-corrected chi connectivity index (χ0v) is 36.3. The van der Waals surface area contributed by atoms with E-state index in [1.165, 1.54) is 77.0 Å². The second kappa shape index (κ2) is 40.0. The molecule has 2 unspecified atom stereocenters. The molecule has 11 nitrogen and oxygen atoms in total. The van der Waals surface area contributed by atoms with Gasteiger partial charge in [-0.1, -0.05) is 158 Å². The number of nitrogens with two attached hydrogens (primary N) is 1. The highest BCUT2D eigenvalue weighted by atomic mass is 31.2. The van der Waals surface area contributed by atoms with Gasteiger partial charge in [-0.25, -0.2) is 4.57 Å². The van der Waals surface area contributed by atoms with Gasteiger partial charge in [0, 0.05) is 12.8 Å². The summed E-state index contributed by atoms with van der Waals surface area (Å²) in [6.45, 7) is 2.61. The van der Waals surface area contributed by atoms with E-state index in [0.29, 0.717) is 12.8 Å². The van der Waals surface area contributed by atoms with E-state index < -0.39 is 51.1 Å². The topological polar surface area (TPSA) is 172 Å². The molecule has 0 radical (unpaired) electrons. The van der Waals surface area contributed by atoms with Crippen LogP contribution < -0.4 is 5.73 Å². The number of hydrogen-bond donors (Lipinski definition) is 3. The number of allylic oxidation sites excluding steroid dienone is 10. The Morgan fingerprint density at radius 1 is 0.561 bits per heavy atom. The van der Waals surface area contributed by atoms with Crippen LogP contribution >= 0.6 is 7.82 Å². The molecule has 0 fully saturated rings. The second-order valence-corrected chi connectivity index (χ2v) is 15.9. The maximum absolute atomic E-state index is 12.6. The number of ether oxygens (including phenoxy) is 2. The lowest BCUT2D eigenvalue weighted by molar-refractivity contribution is -0.161. The summed E-state index contributed by atoms with van der Waals surface area (Å²) in [7, 11) is -4.73. The summed E-state index contributed by atoms with van der Waals surface area (Å²) in [6.07, 6.45) is 45.9. The Bertz CT molecular complexity index is 1200. The molecule has 4 N–H and O–H groups in total. The van der Waals surface area contributed by atoms with Crippen molar-refractivity contribution in [1.29, 1.82) is 0 Å². The number of phosphoric ester groups is 1. The quantitative estimate of drug-likeness (QED) is 0.0232. The van der Waals surface area contributed by atoms with Crippen LogP contribution in [0.15, 0.2) is 60.8 Å². The molecule has 57 heavy (non-hydrogen) atoms. The normalized spacial score (nSPS) is 14.3. The average molecular weight is 824 g/mol. The summed E-state index contributed by atoms with van der Waals surface area (Å²) in [5.74, 6) is -2.47. The van der Waals surface area contributed by atoms with Gasteiger partial charge in [0.15, 0.2) is 6.10 Å². The SMILES string of the molecule is CC/C=C/C/C=C/C/C=C/CCCCCCCCCCCCC(=O)OCC(COP(=O)(O)OC[C@@H](N)C(=O)O)OC(=O)CC/C=C/C/C=C/CCCCCCCC. The highest BCUT2D eigenvalue weighted by Crippen LogP contribution is 2.43. The molecular weight excluding hydrogens is 745 g/mol. The third kappa shape index (κ3) is 39.8. The summed E-state index contributed by atoms with van der Waals surface area (Å²) in [5.41, 5.74) is 5.32. The van der Waals surface area contributed by atoms with Crippen LogP contribution in [-0.4, -0.2) is 59.9 Å². The van der Waals surface area contributed by atoms with Crippen molar-refractivity contribution in [2.24, 2.45) is 5.73 Å². The van der Waals surface area contributed by atoms with Crippen LogP contribution in [-0.2, 0) is 37.5 Å². The first kappa shape index (κ1) is 54.2. The molecular formula is C45H78NO10P. The van der Waals surface area contributed by atoms with E-state index in [1.807, 2.05) is 12.2 Å². The van der Waals surface area contributed by atoms with Crippen molar-refractivity contribution in [3.05, 3.63) is 60.8 Å². The zero-order valence-electron chi connectivity index (χ0n) is 35.4. The summed E-state index contributed by atoms with van der Waals surface area (Å²) < 4.78 is 32.6. The summed E-state index contributed by atoms with van der Waals surface area (Å²) >= 11 is 0. The third-order valence-corrected chi connectivity index (χ3v) is 9.96. The predicted octanol–water partition coefficient (Wildman–Crippen LogP) is 11.6. The molecule has 0 aromatic carbocycles. The van der Waals surface area contributed by atoms with Crippen molar-refractivity contribution in [3.8, 4) is 0 Å². The maximum Gasteiger partial charge on any atom is 0.472 e. The van der Waals surface area contributed by atoms with E-state index >= 15 is 0 Å². The monoisotopic (exact) mass is 824 g/mol. The lowest BCUT2D eigenvalue weighted by Crippen LogP contribution is -2.34. The first-order chi connectivity index (χ1) is 27.6. The Kier molecular flexibility index (Phi) is 38.0.